The van der Waals surface area contributed by atoms with Crippen LogP contribution in [0.5, 0.6) is 0 Å². The number of anilines is 1. The first kappa shape index (κ1) is 14.9. The lowest BCUT2D eigenvalue weighted by atomic mass is 9.81. The standard InChI is InChI=1S/C11H13BrN2O2.C2H4/c1-16-8-5-7(6-8)11(15)14-9-3-2-4-13-10(9)12;1-2/h2-4,7-8H,5-6H2,1H3,(H,14,15);1-2H2. The number of halogens is 1. The van der Waals surface area contributed by atoms with Gasteiger partial charge in [-0.2, -0.15) is 0 Å². The number of ether oxygens (including phenoxy) is 1. The Kier molecular flexibility index (Phi) is 6.01. The highest BCUT2D eigenvalue weighted by Crippen LogP contribution is 2.31. The smallest absolute Gasteiger partial charge is 0.227 e. The predicted molar refractivity (Wildman–Crippen MR) is 75.3 cm³/mol. The van der Waals surface area contributed by atoms with Gasteiger partial charge in [-0.05, 0) is 40.9 Å². The van der Waals surface area contributed by atoms with Gasteiger partial charge < -0.3 is 10.1 Å². The maximum atomic E-state index is 11.8. The van der Waals surface area contributed by atoms with E-state index in [0.29, 0.717) is 10.3 Å². The van der Waals surface area contributed by atoms with Crippen molar-refractivity contribution in [2.45, 2.75) is 18.9 Å². The van der Waals surface area contributed by atoms with Gasteiger partial charge >= 0.3 is 0 Å². The molecule has 0 unspecified atom stereocenters. The molecule has 0 saturated heterocycles. The fourth-order valence-electron chi connectivity index (χ4n) is 1.69. The van der Waals surface area contributed by atoms with E-state index in [2.05, 4.69) is 39.4 Å². The van der Waals surface area contributed by atoms with Crippen molar-refractivity contribution in [3.8, 4) is 0 Å². The largest absolute Gasteiger partial charge is 0.381 e. The summed E-state index contributed by atoms with van der Waals surface area (Å²) in [5.74, 6) is 0.110. The molecule has 2 rings (SSSR count). The van der Waals surface area contributed by atoms with Crippen molar-refractivity contribution >= 4 is 27.5 Å². The van der Waals surface area contributed by atoms with Gasteiger partial charge in [0.15, 0.2) is 0 Å². The average molecular weight is 313 g/mol. The number of nitrogens with one attached hydrogen (secondary N) is 1. The molecule has 98 valence electrons. The lowest BCUT2D eigenvalue weighted by Crippen LogP contribution is -2.38. The van der Waals surface area contributed by atoms with E-state index in [4.69, 9.17) is 4.74 Å². The first-order chi connectivity index (χ1) is 8.70. The van der Waals surface area contributed by atoms with Gasteiger partial charge in [-0.15, -0.1) is 13.2 Å². The van der Waals surface area contributed by atoms with Crippen molar-refractivity contribution in [1.29, 1.82) is 0 Å². The van der Waals surface area contributed by atoms with Crippen LogP contribution in [0, 0.1) is 5.92 Å². The van der Waals surface area contributed by atoms with Gasteiger partial charge in [0.1, 0.15) is 4.60 Å². The Morgan fingerprint density at radius 3 is 2.78 bits per heavy atom. The summed E-state index contributed by atoms with van der Waals surface area (Å²) in [6.07, 6.45) is 3.53. The van der Waals surface area contributed by atoms with Crippen LogP contribution in [0.2, 0.25) is 0 Å². The number of carbonyl (C=O) groups is 1. The van der Waals surface area contributed by atoms with Gasteiger partial charge in [0.25, 0.3) is 0 Å². The maximum absolute atomic E-state index is 11.8. The van der Waals surface area contributed by atoms with Crippen LogP contribution in [-0.4, -0.2) is 24.1 Å². The van der Waals surface area contributed by atoms with Crippen LogP contribution >= 0.6 is 15.9 Å². The van der Waals surface area contributed by atoms with Gasteiger partial charge in [-0.3, -0.25) is 4.79 Å². The lowest BCUT2D eigenvalue weighted by molar-refractivity contribution is -0.127. The normalized spacial score (nSPS) is 21.2. The van der Waals surface area contributed by atoms with Gasteiger partial charge in [0.05, 0.1) is 11.8 Å². The van der Waals surface area contributed by atoms with Crippen LogP contribution in [0.4, 0.5) is 5.69 Å². The highest BCUT2D eigenvalue weighted by molar-refractivity contribution is 9.10. The molecular weight excluding hydrogens is 296 g/mol. The van der Waals surface area contributed by atoms with E-state index in [0.717, 1.165) is 12.8 Å². The summed E-state index contributed by atoms with van der Waals surface area (Å²) in [7, 11) is 1.68. The van der Waals surface area contributed by atoms with Crippen LogP contribution in [-0.2, 0) is 9.53 Å². The molecule has 1 N–H and O–H groups in total. The van der Waals surface area contributed by atoms with Gasteiger partial charge in [0, 0.05) is 19.2 Å². The van der Waals surface area contributed by atoms with Crippen LogP contribution < -0.4 is 5.32 Å². The van der Waals surface area contributed by atoms with Gasteiger partial charge in [-0.1, -0.05) is 0 Å². The molecule has 0 aromatic carbocycles. The van der Waals surface area contributed by atoms with E-state index in [1.807, 2.05) is 6.07 Å². The summed E-state index contributed by atoms with van der Waals surface area (Å²) in [5, 5.41) is 2.85. The number of amides is 1. The summed E-state index contributed by atoms with van der Waals surface area (Å²) >= 11 is 3.29. The second-order valence-electron chi connectivity index (χ2n) is 3.86. The molecule has 1 aliphatic rings. The van der Waals surface area contributed by atoms with Gasteiger partial charge in [0.2, 0.25) is 5.91 Å². The monoisotopic (exact) mass is 312 g/mol. The molecular formula is C13H17BrN2O2. The van der Waals surface area contributed by atoms with E-state index in [1.54, 1.807) is 19.4 Å². The zero-order valence-corrected chi connectivity index (χ0v) is 11.9. The highest BCUT2D eigenvalue weighted by Gasteiger charge is 2.34. The minimum Gasteiger partial charge on any atom is -0.381 e. The number of methoxy groups -OCH3 is 1. The molecule has 1 aliphatic carbocycles. The molecule has 1 saturated carbocycles. The summed E-state index contributed by atoms with van der Waals surface area (Å²) < 4.78 is 5.80. The summed E-state index contributed by atoms with van der Waals surface area (Å²) in [4.78, 5) is 15.8. The van der Waals surface area contributed by atoms with Crippen LogP contribution in [0.3, 0.4) is 0 Å². The Morgan fingerprint density at radius 2 is 2.22 bits per heavy atom. The Labute approximate surface area is 116 Å². The number of aromatic nitrogens is 1. The van der Waals surface area contributed by atoms with Crippen molar-refractivity contribution in [2.75, 3.05) is 12.4 Å². The zero-order chi connectivity index (χ0) is 13.5. The van der Waals surface area contributed by atoms with Crippen molar-refractivity contribution in [1.82, 2.24) is 4.98 Å². The van der Waals surface area contributed by atoms with E-state index < -0.39 is 0 Å². The molecule has 1 fully saturated rings. The SMILES string of the molecule is C=C.COC1CC(C(=O)Nc2cccnc2Br)C1. The minimum absolute atomic E-state index is 0.0435. The third-order valence-electron chi connectivity index (χ3n) is 2.82. The number of pyridine rings is 1. The third kappa shape index (κ3) is 3.65. The Morgan fingerprint density at radius 1 is 1.56 bits per heavy atom. The van der Waals surface area contributed by atoms with Crippen molar-refractivity contribution in [2.24, 2.45) is 5.92 Å². The molecule has 0 bridgehead atoms. The molecule has 1 amide bonds. The fraction of sp³-hybridized carbons (Fsp3) is 0.385. The number of hydrogen-bond donors (Lipinski definition) is 1. The zero-order valence-electron chi connectivity index (χ0n) is 10.4. The van der Waals surface area contributed by atoms with Crippen LogP contribution in [0.25, 0.3) is 0 Å². The molecule has 0 atom stereocenters. The molecule has 4 nitrogen and oxygen atoms in total. The second-order valence-corrected chi connectivity index (χ2v) is 4.61. The quantitative estimate of drug-likeness (QED) is 0.689. The van der Waals surface area contributed by atoms with Crippen molar-refractivity contribution in [3.63, 3.8) is 0 Å². The fourth-order valence-corrected chi connectivity index (χ4v) is 2.04. The van der Waals surface area contributed by atoms with E-state index >= 15 is 0 Å². The molecule has 0 spiro atoms. The first-order valence-electron chi connectivity index (χ1n) is 5.65. The number of rotatable bonds is 3. The van der Waals surface area contributed by atoms with E-state index in [9.17, 15) is 4.79 Å². The second kappa shape index (κ2) is 7.28. The minimum atomic E-state index is 0.0435. The van der Waals surface area contributed by atoms with E-state index in [-0.39, 0.29) is 17.9 Å². The molecule has 1 aromatic heterocycles. The first-order valence-corrected chi connectivity index (χ1v) is 6.44. The predicted octanol–water partition coefficient (Wildman–Crippen LogP) is 3.01. The number of hydrogen-bond acceptors (Lipinski definition) is 3. The van der Waals surface area contributed by atoms with Gasteiger partial charge in [-0.25, -0.2) is 4.98 Å². The topological polar surface area (TPSA) is 51.2 Å². The third-order valence-corrected chi connectivity index (χ3v) is 3.45. The number of nitrogens with zero attached hydrogens (tertiary/aromatic N) is 1. The molecule has 18 heavy (non-hydrogen) atoms. The molecule has 0 aliphatic heterocycles. The van der Waals surface area contributed by atoms with Crippen molar-refractivity contribution in [3.05, 3.63) is 36.1 Å². The maximum Gasteiger partial charge on any atom is 0.227 e. The Hall–Kier alpha value is -1.20. The molecule has 1 heterocycles. The molecule has 1 aromatic rings. The Balaban J connectivity index is 0.000000771. The van der Waals surface area contributed by atoms with Crippen LogP contribution in [0.15, 0.2) is 36.1 Å². The Bertz CT molecular complexity index is 406. The molecule has 0 radical (unpaired) electrons. The summed E-state index contributed by atoms with van der Waals surface area (Å²) in [6.45, 7) is 6.00. The van der Waals surface area contributed by atoms with Crippen molar-refractivity contribution < 1.29 is 9.53 Å². The lowest BCUT2D eigenvalue weighted by Gasteiger charge is -2.32. The summed E-state index contributed by atoms with van der Waals surface area (Å²) in [6, 6.07) is 3.61. The van der Waals surface area contributed by atoms with E-state index in [1.165, 1.54) is 0 Å². The number of carbonyl (C=O) groups excluding carboxylic acids is 1. The average Bonchev–Trinajstić information content (AvgIpc) is 2.33. The van der Waals surface area contributed by atoms with Crippen LogP contribution in [0.1, 0.15) is 12.8 Å². The summed E-state index contributed by atoms with van der Waals surface area (Å²) in [5.41, 5.74) is 0.716. The highest BCUT2D eigenvalue weighted by atomic mass is 79.9. The molecule has 5 heteroatoms.